The molecule has 0 spiro atoms. The number of carbonyl (C=O) groups excluding carboxylic acids is 1. The van der Waals surface area contributed by atoms with Crippen molar-refractivity contribution in [1.82, 2.24) is 0 Å². The molecule has 1 atom stereocenters. The molecule has 3 aromatic rings. The number of halogens is 1. The fourth-order valence-corrected chi connectivity index (χ4v) is 5.15. The zero-order valence-electron chi connectivity index (χ0n) is 17.2. The second-order valence-corrected chi connectivity index (χ2v) is 10.3. The van der Waals surface area contributed by atoms with Gasteiger partial charge in [-0.2, -0.15) is 11.3 Å². The molecular weight excluding hydrogens is 455 g/mol. The third kappa shape index (κ3) is 5.17. The lowest BCUT2D eigenvalue weighted by Gasteiger charge is -2.27. The third-order valence-electron chi connectivity index (χ3n) is 4.98. The van der Waals surface area contributed by atoms with Crippen LogP contribution >= 0.6 is 11.3 Å². The van der Waals surface area contributed by atoms with E-state index in [4.69, 9.17) is 14.2 Å². The van der Waals surface area contributed by atoms with Gasteiger partial charge in [-0.05, 0) is 42.6 Å². The summed E-state index contributed by atoms with van der Waals surface area (Å²) < 4.78 is 55.7. The second-order valence-electron chi connectivity index (χ2n) is 7.41. The summed E-state index contributed by atoms with van der Waals surface area (Å²) in [6.07, 6.45) is -0.941. The zero-order chi connectivity index (χ0) is 22.7. The van der Waals surface area contributed by atoms with Gasteiger partial charge in [0.1, 0.15) is 18.2 Å². The van der Waals surface area contributed by atoms with Gasteiger partial charge in [0.2, 0.25) is 6.29 Å². The highest BCUT2D eigenvalue weighted by atomic mass is 32.2. The molecule has 1 aromatic heterocycles. The predicted octanol–water partition coefficient (Wildman–Crippen LogP) is 4.71. The van der Waals surface area contributed by atoms with Gasteiger partial charge in [0.15, 0.2) is 9.84 Å². The Hall–Kier alpha value is -2.75. The van der Waals surface area contributed by atoms with Crippen LogP contribution in [-0.4, -0.2) is 20.1 Å². The van der Waals surface area contributed by atoms with Crippen LogP contribution in [0.3, 0.4) is 0 Å². The van der Waals surface area contributed by atoms with Crippen LogP contribution in [0, 0.1) is 12.7 Å². The van der Waals surface area contributed by atoms with E-state index in [-0.39, 0.29) is 30.3 Å². The van der Waals surface area contributed by atoms with Crippen molar-refractivity contribution in [3.8, 4) is 5.75 Å². The number of carbonyl (C=O) groups is 1. The maximum atomic E-state index is 14.0. The summed E-state index contributed by atoms with van der Waals surface area (Å²) in [5.41, 5.74) is 2.66. The van der Waals surface area contributed by atoms with Gasteiger partial charge in [-0.1, -0.05) is 17.7 Å². The fourth-order valence-electron chi connectivity index (χ4n) is 3.27. The van der Waals surface area contributed by atoms with E-state index in [1.807, 2.05) is 23.8 Å². The first-order valence-electron chi connectivity index (χ1n) is 9.88. The first-order chi connectivity index (χ1) is 15.3. The summed E-state index contributed by atoms with van der Waals surface area (Å²) in [4.78, 5) is 12.4. The van der Waals surface area contributed by atoms with Gasteiger partial charge in [-0.3, -0.25) is 4.79 Å². The minimum Gasteiger partial charge on any atom is -0.461 e. The molecule has 0 bridgehead atoms. The summed E-state index contributed by atoms with van der Waals surface area (Å²) in [5, 5.41) is 3.79. The SMILES string of the molecule is Cc1ccc(S(=O)(=O)CCC(=O)OCc2cc(F)cc3c2O[C@H](c2ccsc2)OC3)cc1. The molecule has 0 fully saturated rings. The van der Waals surface area contributed by atoms with Crippen LogP contribution in [0.4, 0.5) is 4.39 Å². The highest BCUT2D eigenvalue weighted by Gasteiger charge is 2.26. The van der Waals surface area contributed by atoms with Crippen molar-refractivity contribution in [2.45, 2.75) is 37.7 Å². The number of fused-ring (bicyclic) bond motifs is 1. The quantitative estimate of drug-likeness (QED) is 0.460. The number of esters is 1. The van der Waals surface area contributed by atoms with Crippen molar-refractivity contribution < 1.29 is 31.8 Å². The van der Waals surface area contributed by atoms with Gasteiger partial charge in [-0.15, -0.1) is 0 Å². The highest BCUT2D eigenvalue weighted by molar-refractivity contribution is 7.91. The summed E-state index contributed by atoms with van der Waals surface area (Å²) in [5.74, 6) is -1.16. The maximum Gasteiger partial charge on any atom is 0.307 e. The van der Waals surface area contributed by atoms with Crippen LogP contribution in [0.5, 0.6) is 5.75 Å². The van der Waals surface area contributed by atoms with Crippen LogP contribution < -0.4 is 4.74 Å². The Morgan fingerprint density at radius 1 is 1.22 bits per heavy atom. The van der Waals surface area contributed by atoms with Crippen molar-refractivity contribution in [3.05, 3.63) is 81.3 Å². The van der Waals surface area contributed by atoms with Crippen molar-refractivity contribution in [1.29, 1.82) is 0 Å². The Morgan fingerprint density at radius 2 is 2.00 bits per heavy atom. The van der Waals surface area contributed by atoms with E-state index < -0.39 is 27.9 Å². The van der Waals surface area contributed by atoms with Crippen molar-refractivity contribution in [3.63, 3.8) is 0 Å². The Balaban J connectivity index is 1.40. The summed E-state index contributed by atoms with van der Waals surface area (Å²) in [7, 11) is -3.61. The molecule has 0 N–H and O–H groups in total. The van der Waals surface area contributed by atoms with E-state index in [9.17, 15) is 17.6 Å². The molecule has 6 nitrogen and oxygen atoms in total. The lowest BCUT2D eigenvalue weighted by molar-refractivity contribution is -0.144. The number of benzene rings is 2. The molecule has 9 heteroatoms. The van der Waals surface area contributed by atoms with Gasteiger partial charge < -0.3 is 14.2 Å². The van der Waals surface area contributed by atoms with E-state index in [0.717, 1.165) is 11.1 Å². The second kappa shape index (κ2) is 9.40. The third-order valence-corrected chi connectivity index (χ3v) is 7.42. The molecule has 0 saturated heterocycles. The van der Waals surface area contributed by atoms with E-state index in [1.165, 1.54) is 35.6 Å². The molecule has 2 aromatic carbocycles. The molecule has 168 valence electrons. The molecule has 0 unspecified atom stereocenters. The topological polar surface area (TPSA) is 78.9 Å². The lowest BCUT2D eigenvalue weighted by atomic mass is 10.1. The molecule has 2 heterocycles. The van der Waals surface area contributed by atoms with Crippen molar-refractivity contribution >= 4 is 27.1 Å². The highest BCUT2D eigenvalue weighted by Crippen LogP contribution is 2.37. The molecule has 0 saturated carbocycles. The zero-order valence-corrected chi connectivity index (χ0v) is 18.9. The monoisotopic (exact) mass is 476 g/mol. The molecule has 0 aliphatic carbocycles. The van der Waals surface area contributed by atoms with E-state index in [2.05, 4.69) is 0 Å². The fraction of sp³-hybridized carbons (Fsp3) is 0.261. The van der Waals surface area contributed by atoms with E-state index >= 15 is 0 Å². The Kier molecular flexibility index (Phi) is 6.59. The number of thiophene rings is 1. The van der Waals surface area contributed by atoms with Crippen LogP contribution in [0.25, 0.3) is 0 Å². The van der Waals surface area contributed by atoms with Gasteiger partial charge in [0.05, 0.1) is 23.7 Å². The number of sulfone groups is 1. The summed E-state index contributed by atoms with van der Waals surface area (Å²) in [6.45, 7) is 1.78. The molecule has 32 heavy (non-hydrogen) atoms. The molecule has 4 rings (SSSR count). The minimum absolute atomic E-state index is 0.156. The molecule has 0 amide bonds. The molecular formula is C23H21FO6S2. The summed E-state index contributed by atoms with van der Waals surface area (Å²) >= 11 is 1.50. The number of hydrogen-bond acceptors (Lipinski definition) is 7. The molecule has 1 aliphatic rings. The number of aryl methyl sites for hydroxylation is 1. The van der Waals surface area contributed by atoms with Gasteiger partial charge in [-0.25, -0.2) is 12.8 Å². The normalized spacial score (nSPS) is 15.6. The summed E-state index contributed by atoms with van der Waals surface area (Å²) in [6, 6.07) is 10.9. The lowest BCUT2D eigenvalue weighted by Crippen LogP contribution is -2.19. The average Bonchev–Trinajstić information content (AvgIpc) is 3.31. The predicted molar refractivity (Wildman–Crippen MR) is 117 cm³/mol. The van der Waals surface area contributed by atoms with Crippen molar-refractivity contribution in [2.75, 3.05) is 5.75 Å². The van der Waals surface area contributed by atoms with E-state index in [1.54, 1.807) is 12.1 Å². The van der Waals surface area contributed by atoms with Crippen LogP contribution in [0.15, 0.2) is 58.1 Å². The largest absolute Gasteiger partial charge is 0.461 e. The molecule has 0 radical (unpaired) electrons. The van der Waals surface area contributed by atoms with Crippen LogP contribution in [-0.2, 0) is 37.3 Å². The van der Waals surface area contributed by atoms with Gasteiger partial charge >= 0.3 is 5.97 Å². The van der Waals surface area contributed by atoms with Gasteiger partial charge in [0, 0.05) is 22.1 Å². The standard InChI is InChI=1S/C23H21FO6S2/c1-15-2-4-20(5-3-15)32(26,27)9-7-21(25)28-12-17-10-19(24)11-18-13-29-23(30-22(17)18)16-6-8-31-14-16/h2-6,8,10-11,14,23H,7,9,12-13H2,1H3/t23-/m1/s1. The van der Waals surface area contributed by atoms with E-state index in [0.29, 0.717) is 16.9 Å². The number of rotatable bonds is 7. The Labute approximate surface area is 189 Å². The first kappa shape index (κ1) is 22.4. The Bertz CT molecular complexity index is 1200. The number of hydrogen-bond donors (Lipinski definition) is 0. The van der Waals surface area contributed by atoms with Crippen LogP contribution in [0.1, 0.15) is 35.0 Å². The Morgan fingerprint density at radius 3 is 2.72 bits per heavy atom. The van der Waals surface area contributed by atoms with Crippen molar-refractivity contribution in [2.24, 2.45) is 0 Å². The average molecular weight is 477 g/mol. The first-order valence-corrected chi connectivity index (χ1v) is 12.5. The smallest absolute Gasteiger partial charge is 0.307 e. The number of ether oxygens (including phenoxy) is 3. The van der Waals surface area contributed by atoms with Gasteiger partial charge in [0.25, 0.3) is 0 Å². The molecule has 1 aliphatic heterocycles. The maximum absolute atomic E-state index is 14.0. The van der Waals surface area contributed by atoms with Crippen LogP contribution in [0.2, 0.25) is 0 Å². The minimum atomic E-state index is -3.61.